The number of rotatable bonds is 4. The van der Waals surface area contributed by atoms with Gasteiger partial charge in [-0.2, -0.15) is 12.6 Å². The number of hydrogen-bond acceptors (Lipinski definition) is 5. The van der Waals surface area contributed by atoms with E-state index in [-0.39, 0.29) is 0 Å². The van der Waals surface area contributed by atoms with Crippen LogP contribution in [0.25, 0.3) is 6.08 Å². The van der Waals surface area contributed by atoms with E-state index >= 15 is 0 Å². The minimum absolute atomic E-state index is 0.810. The van der Waals surface area contributed by atoms with Crippen LogP contribution in [0.15, 0.2) is 11.5 Å². The monoisotopic (exact) mass is 256 g/mol. The number of aromatic nitrogens is 1. The Kier molecular flexibility index (Phi) is 4.69. The second-order valence-electron chi connectivity index (χ2n) is 3.57. The lowest BCUT2D eigenvalue weighted by Gasteiger charge is -2.25. The molecule has 2 rings (SSSR count). The fourth-order valence-electron chi connectivity index (χ4n) is 1.53. The molecule has 0 bridgehead atoms. The summed E-state index contributed by atoms with van der Waals surface area (Å²) in [7, 11) is 0. The van der Waals surface area contributed by atoms with Crippen LogP contribution in [0.5, 0.6) is 0 Å². The van der Waals surface area contributed by atoms with E-state index in [2.05, 4.69) is 40.0 Å². The fraction of sp³-hybridized carbons (Fsp3) is 0.545. The van der Waals surface area contributed by atoms with Crippen molar-refractivity contribution in [2.75, 3.05) is 37.0 Å². The van der Waals surface area contributed by atoms with Crippen molar-refractivity contribution in [2.24, 2.45) is 0 Å². The maximum Gasteiger partial charge on any atom is 0.185 e. The van der Waals surface area contributed by atoms with Crippen LogP contribution in [0.1, 0.15) is 12.1 Å². The molecule has 16 heavy (non-hydrogen) atoms. The number of anilines is 1. The topological polar surface area (TPSA) is 25.4 Å². The van der Waals surface area contributed by atoms with Crippen LogP contribution in [0.4, 0.5) is 5.13 Å². The summed E-state index contributed by atoms with van der Waals surface area (Å²) < 4.78 is 5.32. The van der Waals surface area contributed by atoms with Crippen molar-refractivity contribution >= 4 is 35.2 Å². The van der Waals surface area contributed by atoms with E-state index < -0.39 is 0 Å². The highest BCUT2D eigenvalue weighted by Gasteiger charge is 2.13. The van der Waals surface area contributed by atoms with Crippen molar-refractivity contribution in [3.63, 3.8) is 0 Å². The normalized spacial score (nSPS) is 17.2. The predicted molar refractivity (Wildman–Crippen MR) is 72.7 cm³/mol. The molecule has 1 aliphatic rings. The summed E-state index contributed by atoms with van der Waals surface area (Å²) >= 11 is 5.87. The molecule has 0 atom stereocenters. The average Bonchev–Trinajstić information content (AvgIpc) is 2.79. The first-order valence-corrected chi connectivity index (χ1v) is 6.97. The molecule has 2 heterocycles. The third kappa shape index (κ3) is 3.23. The minimum atomic E-state index is 0.810. The zero-order valence-corrected chi connectivity index (χ0v) is 10.8. The Bertz CT molecular complexity index is 346. The number of nitrogens with zero attached hydrogens (tertiary/aromatic N) is 2. The van der Waals surface area contributed by atoms with Crippen molar-refractivity contribution in [1.29, 1.82) is 0 Å². The Balaban J connectivity index is 1.95. The Morgan fingerprint density at radius 3 is 3.06 bits per heavy atom. The number of hydrogen-bond donors (Lipinski definition) is 1. The van der Waals surface area contributed by atoms with Gasteiger partial charge in [-0.15, -0.1) is 11.3 Å². The van der Waals surface area contributed by atoms with E-state index in [4.69, 9.17) is 4.74 Å². The van der Waals surface area contributed by atoms with Gasteiger partial charge in [0.05, 0.1) is 18.9 Å². The van der Waals surface area contributed by atoms with Gasteiger partial charge in [-0.05, 0) is 18.2 Å². The molecule has 5 heteroatoms. The molecule has 0 aromatic carbocycles. The number of ether oxygens (including phenoxy) is 1. The molecular weight excluding hydrogens is 240 g/mol. The van der Waals surface area contributed by atoms with E-state index in [0.717, 1.165) is 49.3 Å². The highest BCUT2D eigenvalue weighted by atomic mass is 32.1. The smallest absolute Gasteiger partial charge is 0.185 e. The van der Waals surface area contributed by atoms with Crippen LogP contribution in [-0.2, 0) is 4.74 Å². The standard InChI is InChI=1S/C11H16N2OS2/c15-8-2-1-3-10-9-16-11(12-10)13-4-6-14-7-5-13/h1,3,9,15H,2,4-8H2. The molecule has 0 saturated carbocycles. The van der Waals surface area contributed by atoms with Crippen molar-refractivity contribution < 1.29 is 4.74 Å². The SMILES string of the molecule is SCCC=Cc1csc(N2CCOCC2)n1. The van der Waals surface area contributed by atoms with Gasteiger partial charge < -0.3 is 9.64 Å². The van der Waals surface area contributed by atoms with Crippen molar-refractivity contribution in [3.05, 3.63) is 17.2 Å². The van der Waals surface area contributed by atoms with Gasteiger partial charge in [-0.1, -0.05) is 6.08 Å². The van der Waals surface area contributed by atoms with E-state index in [1.165, 1.54) is 0 Å². The number of thiol groups is 1. The van der Waals surface area contributed by atoms with Crippen molar-refractivity contribution in [2.45, 2.75) is 6.42 Å². The van der Waals surface area contributed by atoms with E-state index in [9.17, 15) is 0 Å². The Morgan fingerprint density at radius 2 is 2.31 bits per heavy atom. The summed E-state index contributed by atoms with van der Waals surface area (Å²) in [6.45, 7) is 3.52. The Hall–Kier alpha value is -0.520. The second kappa shape index (κ2) is 6.27. The van der Waals surface area contributed by atoms with Crippen molar-refractivity contribution in [1.82, 2.24) is 4.98 Å². The number of morpholine rings is 1. The largest absolute Gasteiger partial charge is 0.378 e. The fourth-order valence-corrected chi connectivity index (χ4v) is 2.53. The van der Waals surface area contributed by atoms with Crippen LogP contribution in [0.3, 0.4) is 0 Å². The lowest BCUT2D eigenvalue weighted by Crippen LogP contribution is -2.36. The van der Waals surface area contributed by atoms with Gasteiger partial charge in [0.15, 0.2) is 5.13 Å². The van der Waals surface area contributed by atoms with Crippen LogP contribution < -0.4 is 4.90 Å². The summed E-state index contributed by atoms with van der Waals surface area (Å²) in [5, 5.41) is 3.20. The Morgan fingerprint density at radius 1 is 1.50 bits per heavy atom. The summed E-state index contributed by atoms with van der Waals surface area (Å²) in [6.07, 6.45) is 5.18. The lowest BCUT2D eigenvalue weighted by molar-refractivity contribution is 0.122. The summed E-state index contributed by atoms with van der Waals surface area (Å²) in [4.78, 5) is 6.86. The van der Waals surface area contributed by atoms with Crippen LogP contribution in [-0.4, -0.2) is 37.0 Å². The molecule has 1 aromatic heterocycles. The first-order valence-electron chi connectivity index (χ1n) is 5.46. The van der Waals surface area contributed by atoms with Gasteiger partial charge in [0.2, 0.25) is 0 Å². The molecule has 1 aromatic rings. The third-order valence-corrected chi connectivity index (χ3v) is 3.55. The lowest BCUT2D eigenvalue weighted by atomic mass is 10.3. The minimum Gasteiger partial charge on any atom is -0.378 e. The average molecular weight is 256 g/mol. The summed E-state index contributed by atoms with van der Waals surface area (Å²) in [5.41, 5.74) is 1.05. The zero-order valence-electron chi connectivity index (χ0n) is 9.13. The molecule has 0 radical (unpaired) electrons. The first-order chi connectivity index (χ1) is 7.90. The van der Waals surface area contributed by atoms with Gasteiger partial charge in [0, 0.05) is 18.5 Å². The van der Waals surface area contributed by atoms with E-state index in [1.54, 1.807) is 11.3 Å². The maximum atomic E-state index is 5.32. The molecule has 0 N–H and O–H groups in total. The van der Waals surface area contributed by atoms with Gasteiger partial charge in [-0.3, -0.25) is 0 Å². The molecule has 88 valence electrons. The van der Waals surface area contributed by atoms with Gasteiger partial charge in [-0.25, -0.2) is 4.98 Å². The quantitative estimate of drug-likeness (QED) is 0.837. The van der Waals surface area contributed by atoms with E-state index in [1.807, 2.05) is 0 Å². The summed E-state index contributed by atoms with van der Waals surface area (Å²) in [5.74, 6) is 0.886. The van der Waals surface area contributed by atoms with Gasteiger partial charge >= 0.3 is 0 Å². The highest BCUT2D eigenvalue weighted by Crippen LogP contribution is 2.22. The molecule has 1 fully saturated rings. The molecular formula is C11H16N2OS2. The molecule has 0 spiro atoms. The number of allylic oxidation sites excluding steroid dienone is 1. The van der Waals surface area contributed by atoms with Crippen LogP contribution in [0.2, 0.25) is 0 Å². The second-order valence-corrected chi connectivity index (χ2v) is 4.85. The highest BCUT2D eigenvalue weighted by molar-refractivity contribution is 7.80. The maximum absolute atomic E-state index is 5.32. The molecule has 0 amide bonds. The molecule has 1 aliphatic heterocycles. The van der Waals surface area contributed by atoms with Gasteiger partial charge in [0.1, 0.15) is 0 Å². The Labute approximate surface area is 106 Å². The molecule has 3 nitrogen and oxygen atoms in total. The van der Waals surface area contributed by atoms with Gasteiger partial charge in [0.25, 0.3) is 0 Å². The van der Waals surface area contributed by atoms with Crippen molar-refractivity contribution in [3.8, 4) is 0 Å². The molecule has 0 aliphatic carbocycles. The first kappa shape index (κ1) is 12.0. The zero-order chi connectivity index (χ0) is 11.2. The molecule has 1 saturated heterocycles. The predicted octanol–water partition coefficient (Wildman–Crippen LogP) is 2.31. The number of thiazole rings is 1. The van der Waals surface area contributed by atoms with E-state index in [0.29, 0.717) is 0 Å². The molecule has 0 unspecified atom stereocenters. The van der Waals surface area contributed by atoms with Crippen LogP contribution >= 0.6 is 24.0 Å². The third-order valence-electron chi connectivity index (χ3n) is 2.38. The van der Waals surface area contributed by atoms with Crippen LogP contribution in [0, 0.1) is 0 Å². The summed E-state index contributed by atoms with van der Waals surface area (Å²) in [6, 6.07) is 0.